The zero-order valence-electron chi connectivity index (χ0n) is 12.0. The van der Waals surface area contributed by atoms with Crippen LogP contribution in [0.5, 0.6) is 0 Å². The van der Waals surface area contributed by atoms with Crippen LogP contribution in [0, 0.1) is 5.41 Å². The molecular weight excluding hydrogens is 264 g/mol. The molecule has 1 aromatic rings. The molecule has 1 rings (SSSR count). The Hall–Kier alpha value is -2.19. The van der Waals surface area contributed by atoms with Gasteiger partial charge in [-0.25, -0.2) is 4.79 Å². The van der Waals surface area contributed by atoms with E-state index in [9.17, 15) is 9.59 Å². The molecule has 0 aliphatic heterocycles. The van der Waals surface area contributed by atoms with E-state index >= 15 is 0 Å². The minimum Gasteiger partial charge on any atom is -0.481 e. The smallest absolute Gasteiger partial charge is 0.315 e. The molecule has 0 spiro atoms. The lowest BCUT2D eigenvalue weighted by atomic mass is 9.85. The van der Waals surface area contributed by atoms with Gasteiger partial charge in [-0.15, -0.1) is 10.2 Å². The summed E-state index contributed by atoms with van der Waals surface area (Å²) in [5, 5.41) is 27.4. The molecule has 0 bridgehead atoms. The first kappa shape index (κ1) is 15.9. The molecule has 0 aliphatic rings. The first-order valence-electron chi connectivity index (χ1n) is 6.22. The maximum absolute atomic E-state index is 11.9. The Morgan fingerprint density at radius 2 is 2.00 bits per heavy atom. The monoisotopic (exact) mass is 284 g/mol. The molecule has 112 valence electrons. The number of carbonyl (C=O) groups is 2. The third kappa shape index (κ3) is 4.82. The number of aliphatic carboxylic acids is 1. The number of nitrogens with zero attached hydrogens (tertiary/aromatic N) is 3. The normalized spacial score (nSPS) is 14.4. The van der Waals surface area contributed by atoms with Crippen LogP contribution in [-0.2, 0) is 4.79 Å². The van der Waals surface area contributed by atoms with Crippen LogP contribution in [0.25, 0.3) is 0 Å². The lowest BCUT2D eigenvalue weighted by molar-refractivity contribution is -0.138. The molecule has 0 aromatic carbocycles. The summed E-state index contributed by atoms with van der Waals surface area (Å²) in [5.41, 5.74) is -0.370. The Kier molecular flexibility index (Phi) is 5.00. The van der Waals surface area contributed by atoms with Crippen molar-refractivity contribution >= 4 is 12.0 Å². The van der Waals surface area contributed by atoms with Crippen molar-refractivity contribution in [1.29, 1.82) is 0 Å². The van der Waals surface area contributed by atoms with Crippen LogP contribution in [0.3, 0.4) is 0 Å². The minimum atomic E-state index is -0.962. The summed E-state index contributed by atoms with van der Waals surface area (Å²) in [5.74, 6) is -0.609. The van der Waals surface area contributed by atoms with Gasteiger partial charge in [-0.3, -0.25) is 4.79 Å². The third-order valence-corrected chi connectivity index (χ3v) is 2.83. The van der Waals surface area contributed by atoms with Crippen molar-refractivity contribution in [2.45, 2.75) is 46.2 Å². The largest absolute Gasteiger partial charge is 0.481 e. The average Bonchev–Trinajstić information content (AvgIpc) is 2.79. The molecule has 0 aliphatic carbocycles. The van der Waals surface area contributed by atoms with Crippen LogP contribution >= 0.6 is 0 Å². The molecule has 4 N–H and O–H groups in total. The number of hydrogen-bond acceptors (Lipinski definition) is 5. The van der Waals surface area contributed by atoms with Crippen LogP contribution < -0.4 is 10.6 Å². The molecule has 20 heavy (non-hydrogen) atoms. The molecule has 2 amide bonds. The Morgan fingerprint density at radius 3 is 2.45 bits per heavy atom. The number of amides is 2. The predicted molar refractivity (Wildman–Crippen MR) is 69.8 cm³/mol. The van der Waals surface area contributed by atoms with Crippen LogP contribution in [0.15, 0.2) is 0 Å². The number of hydrogen-bond donors (Lipinski definition) is 4. The lowest BCUT2D eigenvalue weighted by Gasteiger charge is -2.30. The Balaban J connectivity index is 2.60. The van der Waals surface area contributed by atoms with Crippen LogP contribution in [0.1, 0.15) is 46.0 Å². The van der Waals surface area contributed by atoms with Gasteiger partial charge in [0.25, 0.3) is 0 Å². The van der Waals surface area contributed by atoms with E-state index in [1.165, 1.54) is 0 Å². The number of urea groups is 1. The van der Waals surface area contributed by atoms with Gasteiger partial charge in [0.05, 0.1) is 12.5 Å². The van der Waals surface area contributed by atoms with Gasteiger partial charge in [0, 0.05) is 6.04 Å². The highest BCUT2D eigenvalue weighted by Gasteiger charge is 2.29. The summed E-state index contributed by atoms with van der Waals surface area (Å²) >= 11 is 0. The van der Waals surface area contributed by atoms with Crippen molar-refractivity contribution in [1.82, 2.24) is 31.3 Å². The van der Waals surface area contributed by atoms with E-state index in [0.29, 0.717) is 5.82 Å². The first-order valence-corrected chi connectivity index (χ1v) is 6.22. The molecule has 9 nitrogen and oxygen atoms in total. The summed E-state index contributed by atoms with van der Waals surface area (Å²) in [4.78, 5) is 22.7. The van der Waals surface area contributed by atoms with Crippen LogP contribution in [-0.4, -0.2) is 43.8 Å². The van der Waals surface area contributed by atoms with Crippen molar-refractivity contribution in [3.8, 4) is 0 Å². The van der Waals surface area contributed by atoms with Gasteiger partial charge in [0.2, 0.25) is 0 Å². The van der Waals surface area contributed by atoms with Gasteiger partial charge in [-0.2, -0.15) is 5.21 Å². The number of carbonyl (C=O) groups excluding carboxylic acids is 1. The molecule has 2 atom stereocenters. The van der Waals surface area contributed by atoms with Crippen LogP contribution in [0.4, 0.5) is 4.79 Å². The molecule has 0 fully saturated rings. The van der Waals surface area contributed by atoms with E-state index in [1.807, 2.05) is 20.8 Å². The van der Waals surface area contributed by atoms with Crippen LogP contribution in [0.2, 0.25) is 0 Å². The second-order valence-corrected chi connectivity index (χ2v) is 5.63. The van der Waals surface area contributed by atoms with Gasteiger partial charge < -0.3 is 15.7 Å². The van der Waals surface area contributed by atoms with Crippen molar-refractivity contribution in [3.63, 3.8) is 0 Å². The van der Waals surface area contributed by atoms with E-state index in [-0.39, 0.29) is 11.8 Å². The van der Waals surface area contributed by atoms with Gasteiger partial charge >= 0.3 is 12.0 Å². The fraction of sp³-hybridized carbons (Fsp3) is 0.727. The van der Waals surface area contributed by atoms with E-state index in [2.05, 4.69) is 31.3 Å². The summed E-state index contributed by atoms with van der Waals surface area (Å²) < 4.78 is 0. The highest BCUT2D eigenvalue weighted by Crippen LogP contribution is 2.21. The molecular formula is C11H20N6O3. The quantitative estimate of drug-likeness (QED) is 0.620. The molecule has 1 aromatic heterocycles. The lowest BCUT2D eigenvalue weighted by Crippen LogP contribution is -2.49. The predicted octanol–water partition coefficient (Wildman–Crippen LogP) is 0.449. The van der Waals surface area contributed by atoms with E-state index in [1.54, 1.807) is 6.92 Å². The van der Waals surface area contributed by atoms with E-state index in [0.717, 1.165) is 0 Å². The number of aromatic amines is 1. The molecule has 0 saturated heterocycles. The Labute approximate surface area is 116 Å². The second kappa shape index (κ2) is 6.31. The number of aromatic nitrogens is 4. The third-order valence-electron chi connectivity index (χ3n) is 2.83. The van der Waals surface area contributed by atoms with E-state index < -0.39 is 24.1 Å². The molecule has 2 unspecified atom stereocenters. The summed E-state index contributed by atoms with van der Waals surface area (Å²) in [6, 6.07) is -1.39. The SMILES string of the molecule is CC(NC(=O)NC(CC(=O)O)C(C)(C)C)c1nn[nH]n1. The number of nitrogens with one attached hydrogen (secondary N) is 3. The van der Waals surface area contributed by atoms with Crippen molar-refractivity contribution in [2.24, 2.45) is 5.41 Å². The van der Waals surface area contributed by atoms with Gasteiger partial charge in [0.1, 0.15) is 0 Å². The highest BCUT2D eigenvalue weighted by molar-refractivity contribution is 5.76. The number of carboxylic acids is 1. The number of tetrazole rings is 1. The summed E-state index contributed by atoms with van der Waals surface area (Å²) in [6.45, 7) is 7.30. The van der Waals surface area contributed by atoms with Gasteiger partial charge in [-0.1, -0.05) is 26.0 Å². The zero-order chi connectivity index (χ0) is 15.3. The minimum absolute atomic E-state index is 0.145. The number of H-pyrrole nitrogens is 1. The summed E-state index contributed by atoms with van der Waals surface area (Å²) in [6.07, 6.45) is -0.145. The summed E-state index contributed by atoms with van der Waals surface area (Å²) in [7, 11) is 0. The van der Waals surface area contributed by atoms with Crippen molar-refractivity contribution in [2.75, 3.05) is 0 Å². The molecule has 1 heterocycles. The van der Waals surface area contributed by atoms with E-state index in [4.69, 9.17) is 5.11 Å². The fourth-order valence-electron chi connectivity index (χ4n) is 1.56. The molecule has 9 heteroatoms. The van der Waals surface area contributed by atoms with Gasteiger partial charge in [-0.05, 0) is 12.3 Å². The zero-order valence-corrected chi connectivity index (χ0v) is 12.0. The number of rotatable bonds is 5. The maximum atomic E-state index is 11.9. The van der Waals surface area contributed by atoms with Crippen molar-refractivity contribution in [3.05, 3.63) is 5.82 Å². The Bertz CT molecular complexity index is 453. The standard InChI is InChI=1S/C11H20N6O3/c1-6(9-14-16-17-15-9)12-10(20)13-7(5-8(18)19)11(2,3)4/h6-7H,5H2,1-4H3,(H,18,19)(H2,12,13,20)(H,14,15,16,17). The average molecular weight is 284 g/mol. The molecule has 0 saturated carbocycles. The fourth-order valence-corrected chi connectivity index (χ4v) is 1.56. The van der Waals surface area contributed by atoms with Gasteiger partial charge in [0.15, 0.2) is 5.82 Å². The van der Waals surface area contributed by atoms with Crippen molar-refractivity contribution < 1.29 is 14.7 Å². The second-order valence-electron chi connectivity index (χ2n) is 5.63. The Morgan fingerprint density at radius 1 is 1.35 bits per heavy atom. The maximum Gasteiger partial charge on any atom is 0.315 e. The number of carboxylic acid groups (broad SMARTS) is 1. The topological polar surface area (TPSA) is 133 Å². The first-order chi connectivity index (χ1) is 9.20. The molecule has 0 radical (unpaired) electrons. The highest BCUT2D eigenvalue weighted by atomic mass is 16.4.